The van der Waals surface area contributed by atoms with Crippen LogP contribution >= 0.6 is 0 Å². The molecule has 2 aromatic rings. The van der Waals surface area contributed by atoms with Gasteiger partial charge in [0.2, 0.25) is 0 Å². The summed E-state index contributed by atoms with van der Waals surface area (Å²) >= 11 is 0. The van der Waals surface area contributed by atoms with Crippen molar-refractivity contribution in [3.8, 4) is 0 Å². The van der Waals surface area contributed by atoms with Gasteiger partial charge < -0.3 is 9.47 Å². The van der Waals surface area contributed by atoms with Crippen molar-refractivity contribution in [3.63, 3.8) is 0 Å². The smallest absolute Gasteiger partial charge is 0.338 e. The maximum absolute atomic E-state index is 12.4. The molecule has 0 aliphatic rings. The maximum Gasteiger partial charge on any atom is 0.338 e. The second-order valence-electron chi connectivity index (χ2n) is 6.51. The molecule has 4 nitrogen and oxygen atoms in total. The molecule has 2 rings (SSSR count). The van der Waals surface area contributed by atoms with E-state index in [1.54, 1.807) is 64.1 Å². The van der Waals surface area contributed by atoms with E-state index in [0.717, 1.165) is 0 Å². The largest absolute Gasteiger partial charge is 0.453 e. The molecule has 0 spiro atoms. The number of hydrogen-bond donors (Lipinski definition) is 0. The highest BCUT2D eigenvalue weighted by Gasteiger charge is 2.33. The van der Waals surface area contributed by atoms with Crippen LogP contribution in [0.4, 0.5) is 0 Å². The lowest BCUT2D eigenvalue weighted by Gasteiger charge is -2.33. The van der Waals surface area contributed by atoms with Crippen molar-refractivity contribution >= 4 is 11.8 Å². The third-order valence-electron chi connectivity index (χ3n) is 4.18. The zero-order valence-corrected chi connectivity index (χ0v) is 15.1. The fraction of sp³-hybridized carbons (Fsp3) is 0.333. The molecule has 4 heteroatoms. The Labute approximate surface area is 148 Å². The van der Waals surface area contributed by atoms with Gasteiger partial charge in [-0.15, -0.1) is 0 Å². The van der Waals surface area contributed by atoms with Gasteiger partial charge in [-0.3, -0.25) is 4.79 Å². The second kappa shape index (κ2) is 8.08. The summed E-state index contributed by atoms with van der Waals surface area (Å²) in [4.78, 5) is 24.7. The SMILES string of the molecule is CC(OC(C)C(C)(C)OC(=O)c1ccccc1)C(=O)c1ccccc1. The van der Waals surface area contributed by atoms with Gasteiger partial charge >= 0.3 is 5.97 Å². The predicted molar refractivity (Wildman–Crippen MR) is 96.7 cm³/mol. The number of ether oxygens (including phenoxy) is 2. The highest BCUT2D eigenvalue weighted by atomic mass is 16.6. The van der Waals surface area contributed by atoms with Crippen molar-refractivity contribution < 1.29 is 19.1 Å². The number of Topliss-reactive ketones (excluding diaryl/α,β-unsaturated/α-hetero) is 1. The average molecular weight is 340 g/mol. The molecule has 0 aliphatic heterocycles. The number of esters is 1. The van der Waals surface area contributed by atoms with E-state index in [-0.39, 0.29) is 5.78 Å². The molecule has 0 fully saturated rings. The Bertz CT molecular complexity index is 707. The van der Waals surface area contributed by atoms with Gasteiger partial charge in [0.15, 0.2) is 5.78 Å². The summed E-state index contributed by atoms with van der Waals surface area (Å²) in [6, 6.07) is 17.8. The molecular weight excluding hydrogens is 316 g/mol. The van der Waals surface area contributed by atoms with Crippen molar-refractivity contribution in [2.24, 2.45) is 0 Å². The lowest BCUT2D eigenvalue weighted by Crippen LogP contribution is -2.43. The summed E-state index contributed by atoms with van der Waals surface area (Å²) in [7, 11) is 0. The van der Waals surface area contributed by atoms with Crippen LogP contribution in [-0.4, -0.2) is 29.6 Å². The predicted octanol–water partition coefficient (Wildman–Crippen LogP) is 4.30. The average Bonchev–Trinajstić information content (AvgIpc) is 2.62. The molecule has 25 heavy (non-hydrogen) atoms. The summed E-state index contributed by atoms with van der Waals surface area (Å²) in [6.45, 7) is 7.06. The summed E-state index contributed by atoms with van der Waals surface area (Å²) in [5, 5.41) is 0. The number of carbonyl (C=O) groups excluding carboxylic acids is 2. The Morgan fingerprint density at radius 1 is 0.840 bits per heavy atom. The number of rotatable bonds is 7. The fourth-order valence-electron chi connectivity index (χ4n) is 2.32. The Kier molecular flexibility index (Phi) is 6.10. The Hall–Kier alpha value is -2.46. The van der Waals surface area contributed by atoms with Crippen molar-refractivity contribution in [3.05, 3.63) is 71.8 Å². The number of ketones is 1. The van der Waals surface area contributed by atoms with Gasteiger partial charge in [0.1, 0.15) is 11.7 Å². The zero-order chi connectivity index (χ0) is 18.4. The van der Waals surface area contributed by atoms with Crippen molar-refractivity contribution in [2.75, 3.05) is 0 Å². The second-order valence-corrected chi connectivity index (χ2v) is 6.51. The summed E-state index contributed by atoms with van der Waals surface area (Å²) in [5.41, 5.74) is 0.204. The van der Waals surface area contributed by atoms with E-state index in [1.165, 1.54) is 0 Å². The van der Waals surface area contributed by atoms with Crippen LogP contribution in [0.2, 0.25) is 0 Å². The monoisotopic (exact) mass is 340 g/mol. The van der Waals surface area contributed by atoms with E-state index in [0.29, 0.717) is 11.1 Å². The van der Waals surface area contributed by atoms with Crippen molar-refractivity contribution in [1.82, 2.24) is 0 Å². The molecule has 2 aromatic carbocycles. The Morgan fingerprint density at radius 2 is 1.32 bits per heavy atom. The van der Waals surface area contributed by atoms with E-state index < -0.39 is 23.8 Å². The minimum atomic E-state index is -0.877. The first-order chi connectivity index (χ1) is 11.8. The van der Waals surface area contributed by atoms with Gasteiger partial charge in [0.25, 0.3) is 0 Å². The number of benzene rings is 2. The van der Waals surface area contributed by atoms with E-state index in [2.05, 4.69) is 0 Å². The third-order valence-corrected chi connectivity index (χ3v) is 4.18. The molecule has 2 unspecified atom stereocenters. The quantitative estimate of drug-likeness (QED) is 0.557. The van der Waals surface area contributed by atoms with E-state index in [9.17, 15) is 9.59 Å². The van der Waals surface area contributed by atoms with Gasteiger partial charge in [-0.2, -0.15) is 0 Å². The zero-order valence-electron chi connectivity index (χ0n) is 15.1. The van der Waals surface area contributed by atoms with Crippen LogP contribution < -0.4 is 0 Å². The molecule has 2 atom stereocenters. The van der Waals surface area contributed by atoms with E-state index in [1.807, 2.05) is 24.3 Å². The molecule has 0 aromatic heterocycles. The molecule has 0 amide bonds. The Balaban J connectivity index is 1.99. The molecule has 132 valence electrons. The van der Waals surface area contributed by atoms with Gasteiger partial charge in [-0.25, -0.2) is 4.79 Å². The van der Waals surface area contributed by atoms with Gasteiger partial charge in [-0.05, 0) is 39.8 Å². The van der Waals surface area contributed by atoms with Crippen molar-refractivity contribution in [1.29, 1.82) is 0 Å². The number of carbonyl (C=O) groups is 2. The fourth-order valence-corrected chi connectivity index (χ4v) is 2.32. The molecule has 0 heterocycles. The van der Waals surface area contributed by atoms with E-state index in [4.69, 9.17) is 9.47 Å². The minimum Gasteiger partial charge on any atom is -0.453 e. The van der Waals surface area contributed by atoms with Crippen molar-refractivity contribution in [2.45, 2.75) is 45.5 Å². The molecule has 0 saturated heterocycles. The van der Waals surface area contributed by atoms with Crippen LogP contribution in [0.5, 0.6) is 0 Å². The lowest BCUT2D eigenvalue weighted by atomic mass is 10.0. The molecular formula is C21H24O4. The minimum absolute atomic E-state index is 0.0994. The van der Waals surface area contributed by atoms with Crippen LogP contribution in [-0.2, 0) is 9.47 Å². The summed E-state index contributed by atoms with van der Waals surface area (Å²) in [6.07, 6.45) is -1.09. The topological polar surface area (TPSA) is 52.6 Å². The first kappa shape index (κ1) is 18.9. The number of hydrogen-bond acceptors (Lipinski definition) is 4. The molecule has 0 aliphatic carbocycles. The van der Waals surface area contributed by atoms with Gasteiger partial charge in [0.05, 0.1) is 11.7 Å². The van der Waals surface area contributed by atoms with Crippen LogP contribution in [0.25, 0.3) is 0 Å². The maximum atomic E-state index is 12.4. The van der Waals surface area contributed by atoms with E-state index >= 15 is 0 Å². The van der Waals surface area contributed by atoms with Crippen LogP contribution in [0.15, 0.2) is 60.7 Å². The third kappa shape index (κ3) is 5.00. The highest BCUT2D eigenvalue weighted by Crippen LogP contribution is 2.22. The molecule has 0 saturated carbocycles. The van der Waals surface area contributed by atoms with Crippen LogP contribution in [0, 0.1) is 0 Å². The summed E-state index contributed by atoms with van der Waals surface area (Å²) in [5.74, 6) is -0.513. The summed E-state index contributed by atoms with van der Waals surface area (Å²) < 4.78 is 11.4. The molecule has 0 radical (unpaired) electrons. The van der Waals surface area contributed by atoms with Crippen LogP contribution in [0.3, 0.4) is 0 Å². The molecule has 0 N–H and O–H groups in total. The highest BCUT2D eigenvalue weighted by molar-refractivity contribution is 5.99. The van der Waals surface area contributed by atoms with Gasteiger partial charge in [0, 0.05) is 5.56 Å². The standard InChI is InChI=1S/C21H24O4/c1-15(19(22)17-11-7-5-8-12-17)24-16(2)21(3,4)25-20(23)18-13-9-6-10-14-18/h5-16H,1-4H3. The first-order valence-electron chi connectivity index (χ1n) is 8.34. The Morgan fingerprint density at radius 3 is 1.84 bits per heavy atom. The van der Waals surface area contributed by atoms with Gasteiger partial charge in [-0.1, -0.05) is 48.5 Å². The van der Waals surface area contributed by atoms with Crippen LogP contribution in [0.1, 0.15) is 48.4 Å². The lowest BCUT2D eigenvalue weighted by molar-refractivity contribution is -0.103. The first-order valence-corrected chi connectivity index (χ1v) is 8.34. The molecule has 0 bridgehead atoms. The normalized spacial score (nSPS) is 13.8.